The summed E-state index contributed by atoms with van der Waals surface area (Å²) >= 11 is 0. The van der Waals surface area contributed by atoms with Crippen molar-refractivity contribution in [3.63, 3.8) is 0 Å². The fourth-order valence-corrected chi connectivity index (χ4v) is 4.30. The van der Waals surface area contributed by atoms with Gasteiger partial charge in [-0.3, -0.25) is 0 Å². The summed E-state index contributed by atoms with van der Waals surface area (Å²) in [4.78, 5) is 4.67. The lowest BCUT2D eigenvalue weighted by Crippen LogP contribution is -2.21. The zero-order chi connectivity index (χ0) is 18.6. The Morgan fingerprint density at radius 1 is 0.708 bits per heavy atom. The van der Waals surface area contributed by atoms with E-state index in [0.29, 0.717) is 23.7 Å². The number of rotatable bonds is 9. The number of nitrogens with zero attached hydrogens (tertiary/aromatic N) is 2. The summed E-state index contributed by atoms with van der Waals surface area (Å²) in [6.45, 7) is 16.7. The van der Waals surface area contributed by atoms with Crippen LogP contribution in [0.25, 0.3) is 0 Å². The molecular weight excluding hydrogens is 292 g/mol. The zero-order valence-electron chi connectivity index (χ0n) is 18.0. The molecule has 24 heavy (non-hydrogen) atoms. The summed E-state index contributed by atoms with van der Waals surface area (Å²) in [5, 5.41) is 0. The Balaban J connectivity index is 3.37. The number of allylic oxidation sites excluding steroid dienone is 3. The van der Waals surface area contributed by atoms with Crippen molar-refractivity contribution in [2.75, 3.05) is 41.3 Å². The highest BCUT2D eigenvalue weighted by Gasteiger charge is 2.36. The molecule has 0 radical (unpaired) electrons. The van der Waals surface area contributed by atoms with E-state index in [1.54, 1.807) is 22.3 Å². The van der Waals surface area contributed by atoms with Crippen LogP contribution in [0.5, 0.6) is 0 Å². The largest absolute Gasteiger partial charge is 0.309 e. The lowest BCUT2D eigenvalue weighted by molar-refractivity contribution is 0.364. The minimum Gasteiger partial charge on any atom is -0.309 e. The lowest BCUT2D eigenvalue weighted by Gasteiger charge is -2.25. The first kappa shape index (κ1) is 21.4. The van der Waals surface area contributed by atoms with Gasteiger partial charge >= 0.3 is 0 Å². The van der Waals surface area contributed by atoms with Crippen LogP contribution in [-0.2, 0) is 0 Å². The van der Waals surface area contributed by atoms with Gasteiger partial charge < -0.3 is 9.80 Å². The summed E-state index contributed by atoms with van der Waals surface area (Å²) in [7, 11) is 8.78. The third-order valence-electron chi connectivity index (χ3n) is 5.21. The monoisotopic (exact) mass is 334 g/mol. The molecule has 0 amide bonds. The lowest BCUT2D eigenvalue weighted by atomic mass is 9.82. The maximum atomic E-state index is 2.40. The average Bonchev–Trinajstić information content (AvgIpc) is 2.77. The second-order valence-electron chi connectivity index (χ2n) is 8.97. The van der Waals surface area contributed by atoms with Gasteiger partial charge in [-0.15, -0.1) is 0 Å². The van der Waals surface area contributed by atoms with Crippen LogP contribution in [0, 0.1) is 23.7 Å². The molecule has 1 rings (SSSR count). The van der Waals surface area contributed by atoms with Gasteiger partial charge in [-0.05, 0) is 76.5 Å². The fraction of sp³-hybridized carbons (Fsp3) is 0.818. The van der Waals surface area contributed by atoms with Crippen molar-refractivity contribution in [3.05, 3.63) is 22.3 Å². The van der Waals surface area contributed by atoms with E-state index in [4.69, 9.17) is 0 Å². The minimum absolute atomic E-state index is 0.623. The van der Waals surface area contributed by atoms with Crippen LogP contribution in [0.15, 0.2) is 22.3 Å². The summed E-state index contributed by atoms with van der Waals surface area (Å²) in [6.07, 6.45) is 2.47. The van der Waals surface area contributed by atoms with Crippen LogP contribution in [0.2, 0.25) is 0 Å². The Morgan fingerprint density at radius 2 is 1.21 bits per heavy atom. The molecule has 140 valence electrons. The Labute approximate surface area is 152 Å². The van der Waals surface area contributed by atoms with Crippen molar-refractivity contribution in [2.45, 2.75) is 54.4 Å². The molecule has 2 heteroatoms. The molecule has 0 aromatic rings. The van der Waals surface area contributed by atoms with Crippen LogP contribution < -0.4 is 0 Å². The summed E-state index contributed by atoms with van der Waals surface area (Å²) in [5.74, 6) is 2.54. The van der Waals surface area contributed by atoms with Crippen LogP contribution in [0.1, 0.15) is 54.4 Å². The Morgan fingerprint density at radius 3 is 1.58 bits per heavy atom. The van der Waals surface area contributed by atoms with Gasteiger partial charge in [0.05, 0.1) is 0 Å². The van der Waals surface area contributed by atoms with E-state index in [9.17, 15) is 0 Å². The normalized spacial score (nSPS) is 19.4. The van der Waals surface area contributed by atoms with Crippen molar-refractivity contribution in [3.8, 4) is 0 Å². The van der Waals surface area contributed by atoms with Gasteiger partial charge in [-0.25, -0.2) is 0 Å². The van der Waals surface area contributed by atoms with Gasteiger partial charge in [0.15, 0.2) is 0 Å². The molecule has 0 fully saturated rings. The predicted molar refractivity (Wildman–Crippen MR) is 108 cm³/mol. The summed E-state index contributed by atoms with van der Waals surface area (Å²) < 4.78 is 0. The highest BCUT2D eigenvalue weighted by atomic mass is 15.1. The number of hydrogen-bond donors (Lipinski definition) is 0. The maximum Gasteiger partial charge on any atom is 0.00342 e. The molecule has 0 aliphatic heterocycles. The molecule has 0 saturated carbocycles. The average molecular weight is 335 g/mol. The Kier molecular flexibility index (Phi) is 8.22. The third-order valence-corrected chi connectivity index (χ3v) is 5.21. The van der Waals surface area contributed by atoms with Gasteiger partial charge in [0.2, 0.25) is 0 Å². The molecule has 0 aromatic heterocycles. The van der Waals surface area contributed by atoms with E-state index < -0.39 is 0 Å². The van der Waals surface area contributed by atoms with Gasteiger partial charge in [-0.2, -0.15) is 0 Å². The molecule has 2 nitrogen and oxygen atoms in total. The van der Waals surface area contributed by atoms with Gasteiger partial charge in [-0.1, -0.05) is 52.7 Å². The molecule has 1 aliphatic carbocycles. The highest BCUT2D eigenvalue weighted by molar-refractivity contribution is 5.52. The van der Waals surface area contributed by atoms with E-state index in [0.717, 1.165) is 6.54 Å². The van der Waals surface area contributed by atoms with Crippen LogP contribution in [0.4, 0.5) is 0 Å². The van der Waals surface area contributed by atoms with E-state index in [1.807, 2.05) is 0 Å². The predicted octanol–water partition coefficient (Wildman–Crippen LogP) is 5.08. The van der Waals surface area contributed by atoms with Crippen molar-refractivity contribution in [1.29, 1.82) is 0 Å². The topological polar surface area (TPSA) is 6.48 Å². The van der Waals surface area contributed by atoms with Crippen LogP contribution >= 0.6 is 0 Å². The highest BCUT2D eigenvalue weighted by Crippen LogP contribution is 2.49. The fourth-order valence-electron chi connectivity index (χ4n) is 4.30. The smallest absolute Gasteiger partial charge is 0.00342 e. The van der Waals surface area contributed by atoms with Gasteiger partial charge in [0, 0.05) is 12.5 Å². The van der Waals surface area contributed by atoms with E-state index in [1.165, 1.54) is 19.4 Å². The second-order valence-corrected chi connectivity index (χ2v) is 8.97. The molecule has 0 bridgehead atoms. The standard InChI is InChI=1S/C22H42N2/c1-15(2)20-18(11-13-23(7)8)19(12-14-24(9)10)21(16(3)4)22(20)17(5)6/h15-18H,11-14H2,1-10H3. The Hall–Kier alpha value is -0.600. The molecule has 0 aromatic carbocycles. The minimum atomic E-state index is 0.623. The quantitative estimate of drug-likeness (QED) is 0.580. The molecular formula is C22H42N2. The van der Waals surface area contributed by atoms with Crippen molar-refractivity contribution in [2.24, 2.45) is 23.7 Å². The van der Waals surface area contributed by atoms with Crippen molar-refractivity contribution in [1.82, 2.24) is 9.80 Å². The molecule has 0 saturated heterocycles. The first-order chi connectivity index (χ1) is 11.1. The van der Waals surface area contributed by atoms with Gasteiger partial charge in [0.25, 0.3) is 0 Å². The van der Waals surface area contributed by atoms with E-state index >= 15 is 0 Å². The van der Waals surface area contributed by atoms with E-state index in [-0.39, 0.29) is 0 Å². The summed E-state index contributed by atoms with van der Waals surface area (Å²) in [5.41, 5.74) is 6.87. The third kappa shape index (κ3) is 5.20. The Bertz CT molecular complexity index is 464. The zero-order valence-corrected chi connectivity index (χ0v) is 18.0. The van der Waals surface area contributed by atoms with Gasteiger partial charge in [0.1, 0.15) is 0 Å². The first-order valence-electron chi connectivity index (χ1n) is 9.84. The maximum absolute atomic E-state index is 2.40. The number of hydrogen-bond acceptors (Lipinski definition) is 2. The SMILES string of the molecule is CC(C)C1=C(CCN(C)C)C(CCN(C)C)C(C(C)C)=C1C(C)C. The molecule has 1 atom stereocenters. The van der Waals surface area contributed by atoms with Crippen molar-refractivity contribution < 1.29 is 0 Å². The van der Waals surface area contributed by atoms with E-state index in [2.05, 4.69) is 79.5 Å². The molecule has 1 aliphatic rings. The first-order valence-corrected chi connectivity index (χ1v) is 9.84. The van der Waals surface area contributed by atoms with Crippen LogP contribution in [0.3, 0.4) is 0 Å². The molecule has 1 unspecified atom stereocenters. The van der Waals surface area contributed by atoms with Crippen molar-refractivity contribution >= 4 is 0 Å². The molecule has 0 heterocycles. The molecule has 0 N–H and O–H groups in total. The van der Waals surface area contributed by atoms with Crippen LogP contribution in [-0.4, -0.2) is 51.1 Å². The second kappa shape index (κ2) is 9.20. The molecule has 0 spiro atoms. The summed E-state index contributed by atoms with van der Waals surface area (Å²) in [6, 6.07) is 0.